The largest absolute Gasteiger partial charge is 0.433 e. The monoisotopic (exact) mass is 375 g/mol. The Morgan fingerprint density at radius 2 is 1.74 bits per heavy atom. The minimum absolute atomic E-state index is 0.0552. The number of carbonyl (C=O) groups excluding carboxylic acids is 1. The molecule has 2 N–H and O–H groups in total. The van der Waals surface area contributed by atoms with E-state index in [1.807, 2.05) is 18.2 Å². The van der Waals surface area contributed by atoms with Crippen LogP contribution in [-0.2, 0) is 6.54 Å². The molecule has 2 aromatic carbocycles. The number of likely N-dealkylation sites (tertiary alicyclic amines) is 1. The number of halogens is 2. The van der Waals surface area contributed by atoms with E-state index in [4.69, 9.17) is 0 Å². The van der Waals surface area contributed by atoms with Crippen LogP contribution in [-0.4, -0.2) is 36.7 Å². The molecule has 0 aliphatic carbocycles. The maximum Gasteiger partial charge on any atom is 0.387 e. The summed E-state index contributed by atoms with van der Waals surface area (Å²) >= 11 is 0. The Morgan fingerprint density at radius 3 is 2.44 bits per heavy atom. The number of hydrogen-bond acceptors (Lipinski definition) is 3. The summed E-state index contributed by atoms with van der Waals surface area (Å²) in [7, 11) is 0. The molecule has 3 rings (SSSR count). The van der Waals surface area contributed by atoms with Gasteiger partial charge in [0.1, 0.15) is 5.75 Å². The van der Waals surface area contributed by atoms with E-state index in [0.717, 1.165) is 32.5 Å². The second kappa shape index (κ2) is 9.32. The van der Waals surface area contributed by atoms with Crippen molar-refractivity contribution < 1.29 is 18.3 Å². The molecule has 0 bridgehead atoms. The molecule has 1 aliphatic heterocycles. The van der Waals surface area contributed by atoms with E-state index in [9.17, 15) is 13.6 Å². The van der Waals surface area contributed by atoms with Crippen LogP contribution in [0.15, 0.2) is 54.6 Å². The molecule has 0 radical (unpaired) electrons. The number of amides is 2. The maximum absolute atomic E-state index is 12.4. The molecule has 144 valence electrons. The average molecular weight is 375 g/mol. The standard InChI is InChI=1S/C20H23F2N3O2/c21-19(22)27-18-9-5-4-8-17(18)24-20(26)23-16-10-12-25(13-11-16)14-15-6-2-1-3-7-15/h1-9,16,19H,10-14H2,(H2,23,24,26). The van der Waals surface area contributed by atoms with Crippen molar-refractivity contribution in [2.75, 3.05) is 18.4 Å². The normalized spacial score (nSPS) is 15.5. The number of benzene rings is 2. The van der Waals surface area contributed by atoms with Crippen LogP contribution in [0, 0.1) is 0 Å². The first-order valence-corrected chi connectivity index (χ1v) is 8.98. The third kappa shape index (κ3) is 5.92. The number of carbonyl (C=O) groups is 1. The first kappa shape index (κ1) is 19.1. The van der Waals surface area contributed by atoms with Crippen LogP contribution < -0.4 is 15.4 Å². The zero-order valence-electron chi connectivity index (χ0n) is 14.9. The summed E-state index contributed by atoms with van der Waals surface area (Å²) in [5.74, 6) is -0.0552. The summed E-state index contributed by atoms with van der Waals surface area (Å²) in [4.78, 5) is 14.6. The fourth-order valence-electron chi connectivity index (χ4n) is 3.19. The van der Waals surface area contributed by atoms with Crippen molar-refractivity contribution in [3.63, 3.8) is 0 Å². The lowest BCUT2D eigenvalue weighted by Gasteiger charge is -2.32. The molecule has 0 aromatic heterocycles. The van der Waals surface area contributed by atoms with Crippen LogP contribution in [0.3, 0.4) is 0 Å². The van der Waals surface area contributed by atoms with E-state index in [2.05, 4.69) is 32.4 Å². The fraction of sp³-hybridized carbons (Fsp3) is 0.350. The van der Waals surface area contributed by atoms with E-state index >= 15 is 0 Å². The molecule has 2 aromatic rings. The molecule has 0 spiro atoms. The molecule has 1 fully saturated rings. The summed E-state index contributed by atoms with van der Waals surface area (Å²) in [6, 6.07) is 16.1. The van der Waals surface area contributed by atoms with Gasteiger partial charge in [0, 0.05) is 25.7 Å². The Balaban J connectivity index is 1.46. The van der Waals surface area contributed by atoms with Crippen LogP contribution in [0.2, 0.25) is 0 Å². The van der Waals surface area contributed by atoms with E-state index in [-0.39, 0.29) is 17.5 Å². The van der Waals surface area contributed by atoms with E-state index in [1.54, 1.807) is 12.1 Å². The van der Waals surface area contributed by atoms with E-state index in [1.165, 1.54) is 17.7 Å². The molecule has 0 unspecified atom stereocenters. The average Bonchev–Trinajstić information content (AvgIpc) is 2.65. The van der Waals surface area contributed by atoms with Gasteiger partial charge in [-0.1, -0.05) is 42.5 Å². The predicted molar refractivity (Wildman–Crippen MR) is 100.0 cm³/mol. The van der Waals surface area contributed by atoms with Crippen molar-refractivity contribution in [2.45, 2.75) is 32.0 Å². The lowest BCUT2D eigenvalue weighted by Crippen LogP contribution is -2.45. The number of para-hydroxylation sites is 2. The number of nitrogens with zero attached hydrogens (tertiary/aromatic N) is 1. The number of urea groups is 1. The Labute approximate surface area is 157 Å². The molecule has 27 heavy (non-hydrogen) atoms. The second-order valence-electron chi connectivity index (χ2n) is 6.51. The summed E-state index contributed by atoms with van der Waals surface area (Å²) in [5, 5.41) is 5.50. The number of ether oxygens (including phenoxy) is 1. The van der Waals surface area contributed by atoms with Gasteiger partial charge in [0.25, 0.3) is 0 Å². The first-order valence-electron chi connectivity index (χ1n) is 8.98. The summed E-state index contributed by atoms with van der Waals surface area (Å²) < 4.78 is 29.3. The number of alkyl halides is 2. The van der Waals surface area contributed by atoms with Crippen LogP contribution >= 0.6 is 0 Å². The highest BCUT2D eigenvalue weighted by atomic mass is 19.3. The molecule has 7 heteroatoms. The number of nitrogens with one attached hydrogen (secondary N) is 2. The molecule has 1 aliphatic rings. The number of piperidine rings is 1. The fourth-order valence-corrected chi connectivity index (χ4v) is 3.19. The van der Waals surface area contributed by atoms with Gasteiger partial charge in [-0.05, 0) is 30.5 Å². The minimum atomic E-state index is -2.94. The predicted octanol–water partition coefficient (Wildman–Crippen LogP) is 4.07. The van der Waals surface area contributed by atoms with Gasteiger partial charge in [0.2, 0.25) is 0 Å². The molecule has 5 nitrogen and oxygen atoms in total. The SMILES string of the molecule is O=C(Nc1ccccc1OC(F)F)NC1CCN(Cc2ccccc2)CC1. The lowest BCUT2D eigenvalue weighted by molar-refractivity contribution is -0.0493. The van der Waals surface area contributed by atoms with Crippen molar-refractivity contribution in [1.29, 1.82) is 0 Å². The molecular formula is C20H23F2N3O2. The molecule has 0 saturated carbocycles. The number of anilines is 1. The Hall–Kier alpha value is -2.67. The summed E-state index contributed by atoms with van der Waals surface area (Å²) in [6.45, 7) is -0.251. The quantitative estimate of drug-likeness (QED) is 0.800. The van der Waals surface area contributed by atoms with Crippen LogP contribution in [0.1, 0.15) is 18.4 Å². The van der Waals surface area contributed by atoms with Gasteiger partial charge in [-0.15, -0.1) is 0 Å². The third-order valence-corrected chi connectivity index (χ3v) is 4.52. The van der Waals surface area contributed by atoms with Crippen molar-refractivity contribution >= 4 is 11.7 Å². The molecule has 1 heterocycles. The number of hydrogen-bond donors (Lipinski definition) is 2. The van der Waals surface area contributed by atoms with Crippen LogP contribution in [0.4, 0.5) is 19.3 Å². The van der Waals surface area contributed by atoms with Crippen LogP contribution in [0.5, 0.6) is 5.75 Å². The Bertz CT molecular complexity index is 735. The molecule has 1 saturated heterocycles. The smallest absolute Gasteiger partial charge is 0.387 e. The highest BCUT2D eigenvalue weighted by Gasteiger charge is 2.21. The molecule has 2 amide bonds. The highest BCUT2D eigenvalue weighted by Crippen LogP contribution is 2.25. The first-order chi connectivity index (χ1) is 13.1. The second-order valence-corrected chi connectivity index (χ2v) is 6.51. The van der Waals surface area contributed by atoms with E-state index in [0.29, 0.717) is 0 Å². The molecular weight excluding hydrogens is 352 g/mol. The molecule has 0 atom stereocenters. The Kier molecular flexibility index (Phi) is 6.59. The van der Waals surface area contributed by atoms with Gasteiger partial charge in [0.05, 0.1) is 5.69 Å². The Morgan fingerprint density at radius 1 is 1.07 bits per heavy atom. The minimum Gasteiger partial charge on any atom is -0.433 e. The lowest BCUT2D eigenvalue weighted by atomic mass is 10.0. The van der Waals surface area contributed by atoms with Gasteiger partial charge in [-0.2, -0.15) is 8.78 Å². The summed E-state index contributed by atoms with van der Waals surface area (Å²) in [6.07, 6.45) is 1.69. The van der Waals surface area contributed by atoms with E-state index < -0.39 is 12.6 Å². The summed E-state index contributed by atoms with van der Waals surface area (Å²) in [5.41, 5.74) is 1.49. The van der Waals surface area contributed by atoms with Gasteiger partial charge >= 0.3 is 12.6 Å². The van der Waals surface area contributed by atoms with Crippen molar-refractivity contribution in [3.05, 3.63) is 60.2 Å². The van der Waals surface area contributed by atoms with Gasteiger partial charge in [-0.25, -0.2) is 4.79 Å². The topological polar surface area (TPSA) is 53.6 Å². The number of rotatable bonds is 6. The maximum atomic E-state index is 12.4. The van der Waals surface area contributed by atoms with Gasteiger partial charge < -0.3 is 15.4 Å². The van der Waals surface area contributed by atoms with Crippen molar-refractivity contribution in [2.24, 2.45) is 0 Å². The highest BCUT2D eigenvalue weighted by molar-refractivity contribution is 5.91. The van der Waals surface area contributed by atoms with Gasteiger partial charge in [-0.3, -0.25) is 4.90 Å². The third-order valence-electron chi connectivity index (χ3n) is 4.52. The van der Waals surface area contributed by atoms with Crippen molar-refractivity contribution in [1.82, 2.24) is 10.2 Å². The van der Waals surface area contributed by atoms with Gasteiger partial charge in [0.15, 0.2) is 0 Å². The zero-order chi connectivity index (χ0) is 19.1. The van der Waals surface area contributed by atoms with Crippen LogP contribution in [0.25, 0.3) is 0 Å². The van der Waals surface area contributed by atoms with Crippen molar-refractivity contribution in [3.8, 4) is 5.75 Å². The zero-order valence-corrected chi connectivity index (χ0v) is 14.9.